The van der Waals surface area contributed by atoms with Crippen molar-refractivity contribution in [2.24, 2.45) is 0 Å². The molecule has 0 radical (unpaired) electrons. The van der Waals surface area contributed by atoms with Crippen molar-refractivity contribution in [3.63, 3.8) is 0 Å². The zero-order chi connectivity index (χ0) is 39.6. The lowest BCUT2D eigenvalue weighted by atomic mass is 9.70. The number of para-hydroxylation sites is 2. The fourth-order valence-corrected chi connectivity index (χ4v) is 10.1. The zero-order valence-corrected chi connectivity index (χ0v) is 32.8. The number of anilines is 3. The smallest absolute Gasteiger partial charge is 0.0788 e. The first-order chi connectivity index (χ1) is 29.8. The maximum atomic E-state index is 5.36. The Morgan fingerprint density at radius 2 is 0.800 bits per heavy atom. The quantitative estimate of drug-likeness (QED) is 0.168. The lowest BCUT2D eigenvalue weighted by Gasteiger charge is -2.33. The Morgan fingerprint density at radius 1 is 0.317 bits per heavy atom. The second kappa shape index (κ2) is 13.7. The topological polar surface area (TPSA) is 16.1 Å². The van der Waals surface area contributed by atoms with Gasteiger partial charge < -0.3 is 4.90 Å². The first-order valence-electron chi connectivity index (χ1n) is 20.7. The highest BCUT2D eigenvalue weighted by atomic mass is 15.1. The van der Waals surface area contributed by atoms with E-state index >= 15 is 0 Å². The molecule has 2 aliphatic rings. The molecule has 1 heterocycles. The minimum atomic E-state index is -0.458. The fraction of sp³-hybridized carbons (Fsp3) is 0.0172. The highest BCUT2D eigenvalue weighted by Crippen LogP contribution is 2.63. The molecule has 12 rings (SSSR count). The summed E-state index contributed by atoms with van der Waals surface area (Å²) in [5, 5.41) is 1.11. The van der Waals surface area contributed by atoms with Gasteiger partial charge in [-0.25, -0.2) is 4.98 Å². The van der Waals surface area contributed by atoms with Crippen LogP contribution in [0.4, 0.5) is 17.1 Å². The van der Waals surface area contributed by atoms with Crippen molar-refractivity contribution >= 4 is 28.0 Å². The second-order valence-electron chi connectivity index (χ2n) is 15.8. The molecule has 9 aromatic carbocycles. The molecule has 10 aromatic rings. The van der Waals surface area contributed by atoms with Crippen molar-refractivity contribution in [3.8, 4) is 55.8 Å². The van der Waals surface area contributed by atoms with Crippen LogP contribution in [0.3, 0.4) is 0 Å². The molecule has 0 aliphatic heterocycles. The van der Waals surface area contributed by atoms with Crippen molar-refractivity contribution in [1.82, 2.24) is 4.98 Å². The molecule has 280 valence electrons. The Hall–Kier alpha value is -7.81. The van der Waals surface area contributed by atoms with Gasteiger partial charge in [0.25, 0.3) is 0 Å². The number of hydrogen-bond donors (Lipinski definition) is 0. The average molecular weight is 763 g/mol. The Morgan fingerprint density at radius 3 is 1.45 bits per heavy atom. The maximum Gasteiger partial charge on any atom is 0.0788 e. The average Bonchev–Trinajstić information content (AvgIpc) is 3.79. The fourth-order valence-electron chi connectivity index (χ4n) is 10.1. The molecular weight excluding hydrogens is 725 g/mol. The molecule has 2 nitrogen and oxygen atoms in total. The number of fused-ring (bicyclic) bond motifs is 11. The van der Waals surface area contributed by atoms with Gasteiger partial charge in [0.1, 0.15) is 0 Å². The molecule has 2 heteroatoms. The first kappa shape index (κ1) is 34.3. The van der Waals surface area contributed by atoms with Crippen LogP contribution in [0.5, 0.6) is 0 Å². The van der Waals surface area contributed by atoms with Crippen LogP contribution in [0.25, 0.3) is 66.7 Å². The summed E-state index contributed by atoms with van der Waals surface area (Å²) in [6, 6.07) is 84.1. The number of rotatable bonds is 6. The summed E-state index contributed by atoms with van der Waals surface area (Å²) in [4.78, 5) is 7.81. The molecule has 0 fully saturated rings. The van der Waals surface area contributed by atoms with Crippen LogP contribution in [-0.4, -0.2) is 4.98 Å². The van der Waals surface area contributed by atoms with E-state index in [1.54, 1.807) is 0 Å². The molecule has 1 aromatic heterocycles. The third-order valence-corrected chi connectivity index (χ3v) is 12.7. The van der Waals surface area contributed by atoms with Gasteiger partial charge in [-0.1, -0.05) is 188 Å². The molecule has 0 unspecified atom stereocenters. The van der Waals surface area contributed by atoms with Gasteiger partial charge in [-0.15, -0.1) is 0 Å². The minimum absolute atomic E-state index is 0.458. The maximum absolute atomic E-state index is 5.36. The van der Waals surface area contributed by atoms with Crippen LogP contribution in [0.15, 0.2) is 231 Å². The van der Waals surface area contributed by atoms with Crippen LogP contribution in [0.2, 0.25) is 0 Å². The van der Waals surface area contributed by atoms with Crippen LogP contribution in [0, 0.1) is 0 Å². The van der Waals surface area contributed by atoms with Crippen molar-refractivity contribution in [2.75, 3.05) is 4.90 Å². The van der Waals surface area contributed by atoms with Crippen molar-refractivity contribution < 1.29 is 0 Å². The predicted molar refractivity (Wildman–Crippen MR) is 249 cm³/mol. The summed E-state index contributed by atoms with van der Waals surface area (Å²) in [5.41, 5.74) is 20.9. The van der Waals surface area contributed by atoms with Gasteiger partial charge in [0.2, 0.25) is 0 Å². The predicted octanol–water partition coefficient (Wildman–Crippen LogP) is 15.0. The first-order valence-corrected chi connectivity index (χ1v) is 20.7. The highest BCUT2D eigenvalue weighted by molar-refractivity contribution is 6.00. The lowest BCUT2D eigenvalue weighted by Crippen LogP contribution is -2.26. The van der Waals surface area contributed by atoms with Crippen LogP contribution in [0.1, 0.15) is 22.3 Å². The molecule has 0 bridgehead atoms. The zero-order valence-electron chi connectivity index (χ0n) is 32.8. The molecule has 60 heavy (non-hydrogen) atoms. The van der Waals surface area contributed by atoms with Gasteiger partial charge in [-0.05, 0) is 98.1 Å². The minimum Gasteiger partial charge on any atom is -0.310 e. The molecule has 2 aliphatic carbocycles. The second-order valence-corrected chi connectivity index (χ2v) is 15.8. The van der Waals surface area contributed by atoms with Crippen molar-refractivity contribution in [1.29, 1.82) is 0 Å². The molecule has 0 amide bonds. The molecule has 0 atom stereocenters. The summed E-state index contributed by atoms with van der Waals surface area (Å²) >= 11 is 0. The summed E-state index contributed by atoms with van der Waals surface area (Å²) < 4.78 is 0. The monoisotopic (exact) mass is 762 g/mol. The molecule has 1 spiro atoms. The van der Waals surface area contributed by atoms with Gasteiger partial charge in [-0.3, -0.25) is 0 Å². The number of benzene rings is 9. The summed E-state index contributed by atoms with van der Waals surface area (Å²) in [6.45, 7) is 0. The van der Waals surface area contributed by atoms with Crippen molar-refractivity contribution in [3.05, 3.63) is 253 Å². The van der Waals surface area contributed by atoms with E-state index in [9.17, 15) is 0 Å². The SMILES string of the molecule is c1ccc(-c2ccc(N(c3ccc4c(c3)C3(c5ccccc5-c5ccccc53)c3ccccc3-4)c3ccccc3-c3cc4ccccc4nc3-c3ccccc3)cc2)cc1. The van der Waals surface area contributed by atoms with E-state index in [0.29, 0.717) is 0 Å². The molecule has 0 N–H and O–H groups in total. The van der Waals surface area contributed by atoms with Gasteiger partial charge in [0.15, 0.2) is 0 Å². The van der Waals surface area contributed by atoms with Gasteiger partial charge in [0.05, 0.1) is 22.3 Å². The van der Waals surface area contributed by atoms with E-state index in [0.717, 1.165) is 50.3 Å². The summed E-state index contributed by atoms with van der Waals surface area (Å²) in [6.07, 6.45) is 0. The van der Waals surface area contributed by atoms with E-state index < -0.39 is 5.41 Å². The molecule has 0 saturated carbocycles. The lowest BCUT2D eigenvalue weighted by molar-refractivity contribution is 0.793. The van der Waals surface area contributed by atoms with Gasteiger partial charge in [-0.2, -0.15) is 0 Å². The molecular formula is C58H38N2. The normalized spacial score (nSPS) is 12.8. The number of nitrogens with zero attached hydrogens (tertiary/aromatic N) is 2. The van der Waals surface area contributed by atoms with E-state index in [1.165, 1.54) is 55.6 Å². The van der Waals surface area contributed by atoms with E-state index in [-0.39, 0.29) is 0 Å². The van der Waals surface area contributed by atoms with E-state index in [1.807, 2.05) is 0 Å². The Kier molecular flexibility index (Phi) is 7.79. The Balaban J connectivity index is 1.13. The van der Waals surface area contributed by atoms with Gasteiger partial charge in [0, 0.05) is 33.5 Å². The van der Waals surface area contributed by atoms with Gasteiger partial charge >= 0.3 is 0 Å². The molecule has 0 saturated heterocycles. The Bertz CT molecular complexity index is 3190. The van der Waals surface area contributed by atoms with Crippen LogP contribution < -0.4 is 4.90 Å². The largest absolute Gasteiger partial charge is 0.310 e. The Labute approximate surface area is 350 Å². The summed E-state index contributed by atoms with van der Waals surface area (Å²) in [5.74, 6) is 0. The third-order valence-electron chi connectivity index (χ3n) is 12.7. The van der Waals surface area contributed by atoms with Crippen LogP contribution >= 0.6 is 0 Å². The van der Waals surface area contributed by atoms with E-state index in [2.05, 4.69) is 235 Å². The van der Waals surface area contributed by atoms with E-state index in [4.69, 9.17) is 4.98 Å². The third kappa shape index (κ3) is 5.11. The number of hydrogen-bond acceptors (Lipinski definition) is 2. The standard InChI is InChI=1S/C58H38N2/c1-3-17-39(18-4-1)40-31-33-43(34-32-40)60(56-30-16-11-25-49(56)50-37-42-21-7-15-29-55(42)59-57(50)41-19-5-2-6-20-41)44-35-36-48-47-24-10-14-28-53(47)58(54(48)38-44)51-26-12-8-22-45(51)46-23-9-13-27-52(46)58/h1-38H. The number of aromatic nitrogens is 1. The summed E-state index contributed by atoms with van der Waals surface area (Å²) in [7, 11) is 0. The van der Waals surface area contributed by atoms with Crippen LogP contribution in [-0.2, 0) is 5.41 Å². The van der Waals surface area contributed by atoms with Crippen molar-refractivity contribution in [2.45, 2.75) is 5.41 Å². The highest BCUT2D eigenvalue weighted by Gasteiger charge is 2.51. The number of pyridine rings is 1.